The minimum absolute atomic E-state index is 0.0232. The Morgan fingerprint density at radius 2 is 1.84 bits per heavy atom. The first kappa shape index (κ1) is 23.0. The van der Waals surface area contributed by atoms with E-state index < -0.39 is 32.4 Å². The van der Waals surface area contributed by atoms with Crippen LogP contribution in [0.2, 0.25) is 5.02 Å². The van der Waals surface area contributed by atoms with E-state index in [2.05, 4.69) is 5.32 Å². The van der Waals surface area contributed by atoms with Crippen LogP contribution in [0.5, 0.6) is 5.75 Å². The zero-order valence-electron chi connectivity index (χ0n) is 17.8. The van der Waals surface area contributed by atoms with Gasteiger partial charge in [0.2, 0.25) is 0 Å². The Bertz CT molecular complexity index is 1150. The van der Waals surface area contributed by atoms with Gasteiger partial charge in [-0.05, 0) is 74.8 Å². The van der Waals surface area contributed by atoms with Gasteiger partial charge in [0.1, 0.15) is 0 Å². The number of ether oxygens (including phenoxy) is 1. The molecule has 2 saturated carbocycles. The number of benzene rings is 2. The number of anilines is 1. The Balaban J connectivity index is 1.59. The Morgan fingerprint density at radius 3 is 2.47 bits per heavy atom. The second-order valence-electron chi connectivity index (χ2n) is 8.78. The summed E-state index contributed by atoms with van der Waals surface area (Å²) in [5, 5.41) is 12.7. The lowest BCUT2D eigenvalue weighted by molar-refractivity contribution is -0.0413. The summed E-state index contributed by atoms with van der Waals surface area (Å²) in [6, 6.07) is 7.99. The molecular formula is C23H25ClFNO5S. The molecule has 2 atom stereocenters. The number of aliphatic hydroxyl groups is 1. The molecule has 0 saturated heterocycles. The van der Waals surface area contributed by atoms with E-state index in [0.717, 1.165) is 12.8 Å². The molecule has 4 rings (SSSR count). The van der Waals surface area contributed by atoms with Crippen molar-refractivity contribution in [2.24, 2.45) is 11.8 Å². The van der Waals surface area contributed by atoms with E-state index in [1.807, 2.05) is 0 Å². The first-order chi connectivity index (χ1) is 15.0. The Kier molecular flexibility index (Phi) is 5.98. The summed E-state index contributed by atoms with van der Waals surface area (Å²) in [5.41, 5.74) is -0.422. The Hall–Kier alpha value is -2.16. The molecule has 32 heavy (non-hydrogen) atoms. The second-order valence-corrected chi connectivity index (χ2v) is 11.4. The summed E-state index contributed by atoms with van der Waals surface area (Å²) in [4.78, 5) is 12.7. The summed E-state index contributed by atoms with van der Waals surface area (Å²) in [5.74, 6) is -1.28. The van der Waals surface area contributed by atoms with E-state index in [1.54, 1.807) is 6.92 Å². The van der Waals surface area contributed by atoms with Crippen molar-refractivity contribution in [1.82, 2.24) is 0 Å². The normalized spacial score (nSPS) is 27.2. The lowest BCUT2D eigenvalue weighted by Gasteiger charge is -2.40. The number of halogens is 2. The molecule has 2 N–H and O–H groups in total. The van der Waals surface area contributed by atoms with Gasteiger partial charge in [0.25, 0.3) is 5.91 Å². The van der Waals surface area contributed by atoms with Crippen LogP contribution in [0.3, 0.4) is 0 Å². The number of amides is 1. The third-order valence-corrected chi connectivity index (χ3v) is 9.61. The lowest BCUT2D eigenvalue weighted by atomic mass is 9.76. The maximum Gasteiger partial charge on any atom is 0.255 e. The highest BCUT2D eigenvalue weighted by Crippen LogP contribution is 2.51. The van der Waals surface area contributed by atoms with E-state index in [9.17, 15) is 22.7 Å². The molecule has 0 spiro atoms. The number of hydrogen-bond donors (Lipinski definition) is 2. The number of carbonyl (C=O) groups is 1. The molecule has 2 unspecified atom stereocenters. The molecule has 0 aromatic heterocycles. The number of sulfone groups is 1. The molecule has 2 aliphatic carbocycles. The van der Waals surface area contributed by atoms with E-state index >= 15 is 0 Å². The second kappa shape index (κ2) is 8.32. The van der Waals surface area contributed by atoms with Crippen LogP contribution < -0.4 is 10.1 Å². The van der Waals surface area contributed by atoms with Gasteiger partial charge in [-0.15, -0.1) is 0 Å². The molecule has 0 aliphatic heterocycles. The summed E-state index contributed by atoms with van der Waals surface area (Å²) in [6.45, 7) is 1.79. The molecule has 2 fully saturated rings. The number of hydrogen-bond acceptors (Lipinski definition) is 5. The van der Waals surface area contributed by atoms with Crippen LogP contribution in [0.25, 0.3) is 0 Å². The largest absolute Gasteiger partial charge is 0.494 e. The molecule has 2 aromatic rings. The minimum Gasteiger partial charge on any atom is -0.494 e. The molecule has 9 heteroatoms. The molecule has 2 bridgehead atoms. The fraction of sp³-hybridized carbons (Fsp3) is 0.435. The van der Waals surface area contributed by atoms with Crippen molar-refractivity contribution in [2.75, 3.05) is 12.4 Å². The van der Waals surface area contributed by atoms with Crippen molar-refractivity contribution >= 4 is 33.0 Å². The van der Waals surface area contributed by atoms with E-state index in [1.165, 1.54) is 43.5 Å². The lowest BCUT2D eigenvalue weighted by Crippen LogP contribution is -2.45. The quantitative estimate of drug-likeness (QED) is 0.658. The van der Waals surface area contributed by atoms with Crippen molar-refractivity contribution in [1.29, 1.82) is 0 Å². The van der Waals surface area contributed by atoms with Crippen LogP contribution in [0.4, 0.5) is 10.1 Å². The zero-order valence-corrected chi connectivity index (χ0v) is 19.3. The predicted octanol–water partition coefficient (Wildman–Crippen LogP) is 4.45. The molecule has 2 aromatic carbocycles. The fourth-order valence-electron chi connectivity index (χ4n) is 5.00. The van der Waals surface area contributed by atoms with Crippen molar-refractivity contribution in [2.45, 2.75) is 48.4 Å². The van der Waals surface area contributed by atoms with Gasteiger partial charge in [-0.2, -0.15) is 0 Å². The molecule has 1 amide bonds. The molecule has 172 valence electrons. The molecule has 2 aliphatic rings. The van der Waals surface area contributed by atoms with Gasteiger partial charge >= 0.3 is 0 Å². The highest BCUT2D eigenvalue weighted by atomic mass is 35.5. The fourth-order valence-corrected chi connectivity index (χ4v) is 7.40. The number of carbonyl (C=O) groups excluding carboxylic acids is 1. The van der Waals surface area contributed by atoms with Gasteiger partial charge in [0, 0.05) is 17.3 Å². The molecular weight excluding hydrogens is 457 g/mol. The molecule has 6 nitrogen and oxygen atoms in total. The highest BCUT2D eigenvalue weighted by Gasteiger charge is 2.53. The van der Waals surface area contributed by atoms with E-state index in [0.29, 0.717) is 18.5 Å². The van der Waals surface area contributed by atoms with Crippen molar-refractivity contribution in [3.63, 3.8) is 0 Å². The Labute approximate surface area is 191 Å². The smallest absolute Gasteiger partial charge is 0.255 e. The predicted molar refractivity (Wildman–Crippen MR) is 119 cm³/mol. The number of methoxy groups -OCH3 is 1. The van der Waals surface area contributed by atoms with Crippen LogP contribution in [0.1, 0.15) is 43.0 Å². The SMILES string of the molecule is COc1cc(NC(=O)c2ccc(Cl)c(S(=O)(=O)[C@H]3CC4CCC(C3)[C@@]4(C)O)c2)ccc1F. The van der Waals surface area contributed by atoms with Gasteiger partial charge in [-0.25, -0.2) is 12.8 Å². The third-order valence-electron chi connectivity index (χ3n) is 6.96. The van der Waals surface area contributed by atoms with Gasteiger partial charge < -0.3 is 15.2 Å². The van der Waals surface area contributed by atoms with Crippen molar-refractivity contribution in [3.8, 4) is 5.75 Å². The standard InChI is InChI=1S/C23H25ClFNO5S/c1-23(28)14-4-5-15(23)11-17(10-14)32(29,30)21-9-13(3-7-18(21)24)22(27)26-16-6-8-19(25)20(12-16)31-2/h3,6-9,12,14-15,17,28H,4-5,10-11H2,1-2H3,(H,26,27)/t14?,15?,17-,23-. The van der Waals surface area contributed by atoms with Crippen LogP contribution in [-0.4, -0.2) is 37.4 Å². The van der Waals surface area contributed by atoms with Crippen LogP contribution in [0.15, 0.2) is 41.3 Å². The first-order valence-electron chi connectivity index (χ1n) is 10.4. The van der Waals surface area contributed by atoms with E-state index in [-0.39, 0.29) is 33.1 Å². The van der Waals surface area contributed by atoms with Crippen LogP contribution >= 0.6 is 11.6 Å². The summed E-state index contributed by atoms with van der Waals surface area (Å²) in [7, 11) is -2.49. The highest BCUT2D eigenvalue weighted by molar-refractivity contribution is 7.92. The third kappa shape index (κ3) is 4.00. The number of rotatable bonds is 5. The molecule has 0 radical (unpaired) electrons. The average Bonchev–Trinajstić information content (AvgIpc) is 2.92. The summed E-state index contributed by atoms with van der Waals surface area (Å²) < 4.78 is 45.4. The zero-order chi connectivity index (χ0) is 23.3. The number of fused-ring (bicyclic) bond motifs is 2. The van der Waals surface area contributed by atoms with Crippen molar-refractivity contribution < 1.29 is 27.4 Å². The Morgan fingerprint density at radius 1 is 1.19 bits per heavy atom. The van der Waals surface area contributed by atoms with Crippen LogP contribution in [-0.2, 0) is 9.84 Å². The number of nitrogens with one attached hydrogen (secondary N) is 1. The summed E-state index contributed by atoms with van der Waals surface area (Å²) in [6.07, 6.45) is 2.35. The minimum atomic E-state index is -3.81. The topological polar surface area (TPSA) is 92.7 Å². The van der Waals surface area contributed by atoms with Gasteiger partial charge in [0.05, 0.1) is 27.9 Å². The molecule has 0 heterocycles. The first-order valence-corrected chi connectivity index (χ1v) is 12.4. The van der Waals surface area contributed by atoms with Gasteiger partial charge in [-0.1, -0.05) is 11.6 Å². The monoisotopic (exact) mass is 481 g/mol. The van der Waals surface area contributed by atoms with Crippen LogP contribution in [0, 0.1) is 17.7 Å². The van der Waals surface area contributed by atoms with E-state index in [4.69, 9.17) is 16.3 Å². The summed E-state index contributed by atoms with van der Waals surface area (Å²) >= 11 is 6.25. The van der Waals surface area contributed by atoms with Gasteiger partial charge in [-0.3, -0.25) is 4.79 Å². The maximum atomic E-state index is 13.6. The van der Waals surface area contributed by atoms with Gasteiger partial charge in [0.15, 0.2) is 21.4 Å². The maximum absolute atomic E-state index is 13.6. The average molecular weight is 482 g/mol. The van der Waals surface area contributed by atoms with Crippen molar-refractivity contribution in [3.05, 3.63) is 52.8 Å².